The van der Waals surface area contributed by atoms with Crippen LogP contribution >= 0.6 is 0 Å². The van der Waals surface area contributed by atoms with Crippen LogP contribution in [0.2, 0.25) is 0 Å². The Morgan fingerprint density at radius 2 is 1.76 bits per heavy atom. The molecule has 0 aromatic heterocycles. The number of sulfonamides is 1. The predicted octanol–water partition coefficient (Wildman–Crippen LogP) is 2.16. The summed E-state index contributed by atoms with van der Waals surface area (Å²) in [4.78, 5) is 24.4. The Balaban J connectivity index is 2.40. The van der Waals surface area contributed by atoms with Crippen LogP contribution in [0.5, 0.6) is 5.75 Å². The highest BCUT2D eigenvalue weighted by Crippen LogP contribution is 2.25. The zero-order chi connectivity index (χ0) is 21.4. The molecule has 0 aliphatic heterocycles. The van der Waals surface area contributed by atoms with Crippen molar-refractivity contribution in [1.29, 1.82) is 0 Å². The van der Waals surface area contributed by atoms with Gasteiger partial charge in [0.05, 0.1) is 28.8 Å². The molecular weight excluding hydrogens is 394 g/mol. The van der Waals surface area contributed by atoms with Gasteiger partial charge in [0.15, 0.2) is 0 Å². The summed E-state index contributed by atoms with van der Waals surface area (Å²) in [7, 11) is -2.68. The molecule has 0 bridgehead atoms. The van der Waals surface area contributed by atoms with Gasteiger partial charge in [0.2, 0.25) is 0 Å². The standard InChI is InChI=1S/C20H23N3O5S/c1-4-12-22-19(24)15-8-6-7-9-17(15)23-29(26,27)14-10-11-18(28-3)16(13-14)20(25)21-5-2/h4,6-11,13,23H,1,5,12H2,2-3H3,(H,21,25)(H,22,24). The number of benzene rings is 2. The third kappa shape index (κ3) is 5.35. The van der Waals surface area contributed by atoms with Crippen molar-refractivity contribution in [1.82, 2.24) is 10.6 Å². The Hall–Kier alpha value is -3.33. The minimum Gasteiger partial charge on any atom is -0.496 e. The topological polar surface area (TPSA) is 114 Å². The molecule has 8 nitrogen and oxygen atoms in total. The smallest absolute Gasteiger partial charge is 0.261 e. The fourth-order valence-corrected chi connectivity index (χ4v) is 3.63. The largest absolute Gasteiger partial charge is 0.496 e. The van der Waals surface area contributed by atoms with E-state index in [2.05, 4.69) is 21.9 Å². The highest BCUT2D eigenvalue weighted by molar-refractivity contribution is 7.92. The van der Waals surface area contributed by atoms with Gasteiger partial charge < -0.3 is 15.4 Å². The number of hydrogen-bond acceptors (Lipinski definition) is 5. The summed E-state index contributed by atoms with van der Waals surface area (Å²) in [6.07, 6.45) is 1.52. The summed E-state index contributed by atoms with van der Waals surface area (Å²) in [6.45, 7) is 5.90. The molecule has 29 heavy (non-hydrogen) atoms. The van der Waals surface area contributed by atoms with Gasteiger partial charge in [-0.2, -0.15) is 0 Å². The van der Waals surface area contributed by atoms with E-state index in [4.69, 9.17) is 4.74 Å². The average Bonchev–Trinajstić information content (AvgIpc) is 2.71. The number of nitrogens with one attached hydrogen (secondary N) is 3. The second-order valence-corrected chi connectivity index (χ2v) is 7.55. The average molecular weight is 417 g/mol. The number of methoxy groups -OCH3 is 1. The van der Waals surface area contributed by atoms with Gasteiger partial charge in [-0.25, -0.2) is 8.42 Å². The van der Waals surface area contributed by atoms with Gasteiger partial charge in [-0.05, 0) is 37.3 Å². The van der Waals surface area contributed by atoms with Gasteiger partial charge in [0.1, 0.15) is 5.75 Å². The molecule has 0 heterocycles. The molecule has 0 saturated heterocycles. The molecule has 0 fully saturated rings. The van der Waals surface area contributed by atoms with E-state index < -0.39 is 21.8 Å². The van der Waals surface area contributed by atoms with Crippen LogP contribution in [0.3, 0.4) is 0 Å². The molecule has 0 spiro atoms. The summed E-state index contributed by atoms with van der Waals surface area (Å²) < 4.78 is 33.3. The Morgan fingerprint density at radius 1 is 1.07 bits per heavy atom. The molecule has 0 unspecified atom stereocenters. The molecule has 2 aromatic carbocycles. The second-order valence-electron chi connectivity index (χ2n) is 5.87. The Kier molecular flexibility index (Phi) is 7.38. The summed E-state index contributed by atoms with van der Waals surface area (Å²) in [5, 5.41) is 5.22. The third-order valence-electron chi connectivity index (χ3n) is 3.89. The van der Waals surface area contributed by atoms with E-state index >= 15 is 0 Å². The molecule has 3 N–H and O–H groups in total. The van der Waals surface area contributed by atoms with Crippen LogP contribution in [-0.2, 0) is 10.0 Å². The molecule has 2 amide bonds. The van der Waals surface area contributed by atoms with Crippen molar-refractivity contribution in [2.24, 2.45) is 0 Å². The minimum atomic E-state index is -4.07. The number of rotatable bonds is 9. The van der Waals surface area contributed by atoms with E-state index in [1.165, 1.54) is 43.5 Å². The van der Waals surface area contributed by atoms with Crippen molar-refractivity contribution in [3.8, 4) is 5.75 Å². The van der Waals surface area contributed by atoms with Gasteiger partial charge >= 0.3 is 0 Å². The molecule has 154 valence electrons. The lowest BCUT2D eigenvalue weighted by Crippen LogP contribution is -2.25. The lowest BCUT2D eigenvalue weighted by Gasteiger charge is -2.14. The number of amides is 2. The SMILES string of the molecule is C=CCNC(=O)c1ccccc1NS(=O)(=O)c1ccc(OC)c(C(=O)NCC)c1. The number of anilines is 1. The van der Waals surface area contributed by atoms with E-state index in [0.717, 1.165) is 0 Å². The Morgan fingerprint density at radius 3 is 2.41 bits per heavy atom. The van der Waals surface area contributed by atoms with Crippen LogP contribution in [0.4, 0.5) is 5.69 Å². The lowest BCUT2D eigenvalue weighted by atomic mass is 10.1. The second kappa shape index (κ2) is 9.74. The summed E-state index contributed by atoms with van der Waals surface area (Å²) in [5.41, 5.74) is 0.370. The highest BCUT2D eigenvalue weighted by Gasteiger charge is 2.22. The normalized spacial score (nSPS) is 10.7. The van der Waals surface area contributed by atoms with Crippen LogP contribution < -0.4 is 20.1 Å². The van der Waals surface area contributed by atoms with Crippen molar-refractivity contribution in [2.45, 2.75) is 11.8 Å². The van der Waals surface area contributed by atoms with E-state index in [-0.39, 0.29) is 34.0 Å². The minimum absolute atomic E-state index is 0.0919. The van der Waals surface area contributed by atoms with E-state index in [9.17, 15) is 18.0 Å². The van der Waals surface area contributed by atoms with Crippen LogP contribution in [0.25, 0.3) is 0 Å². The molecule has 2 rings (SSSR count). The number of carbonyl (C=O) groups is 2. The fourth-order valence-electron chi connectivity index (χ4n) is 2.52. The van der Waals surface area contributed by atoms with E-state index in [0.29, 0.717) is 6.54 Å². The maximum absolute atomic E-state index is 12.9. The first-order chi connectivity index (χ1) is 13.8. The highest BCUT2D eigenvalue weighted by atomic mass is 32.2. The fraction of sp³-hybridized carbons (Fsp3) is 0.200. The summed E-state index contributed by atoms with van der Waals surface area (Å²) >= 11 is 0. The van der Waals surface area contributed by atoms with Crippen molar-refractivity contribution in [2.75, 3.05) is 24.9 Å². The van der Waals surface area contributed by atoms with Gasteiger partial charge in [-0.3, -0.25) is 14.3 Å². The van der Waals surface area contributed by atoms with Gasteiger partial charge in [0.25, 0.3) is 21.8 Å². The maximum Gasteiger partial charge on any atom is 0.261 e. The summed E-state index contributed by atoms with van der Waals surface area (Å²) in [5.74, 6) is -0.648. The maximum atomic E-state index is 12.9. The predicted molar refractivity (Wildman–Crippen MR) is 111 cm³/mol. The number of carbonyl (C=O) groups excluding carboxylic acids is 2. The van der Waals surface area contributed by atoms with Crippen molar-refractivity contribution < 1.29 is 22.7 Å². The molecular formula is C20H23N3O5S. The first-order valence-corrected chi connectivity index (χ1v) is 10.3. The molecule has 0 atom stereocenters. The van der Waals surface area contributed by atoms with Crippen LogP contribution in [-0.4, -0.2) is 40.4 Å². The van der Waals surface area contributed by atoms with Crippen molar-refractivity contribution in [3.63, 3.8) is 0 Å². The molecule has 0 radical (unpaired) electrons. The summed E-state index contributed by atoms with van der Waals surface area (Å²) in [6, 6.07) is 10.2. The zero-order valence-electron chi connectivity index (χ0n) is 16.2. The lowest BCUT2D eigenvalue weighted by molar-refractivity contribution is 0.0946. The Bertz CT molecular complexity index is 1020. The van der Waals surface area contributed by atoms with Crippen LogP contribution in [0, 0.1) is 0 Å². The Labute approximate surface area is 170 Å². The molecule has 0 aliphatic carbocycles. The number of ether oxygens (including phenoxy) is 1. The molecule has 9 heteroatoms. The van der Waals surface area contributed by atoms with Crippen molar-refractivity contribution in [3.05, 3.63) is 66.2 Å². The van der Waals surface area contributed by atoms with Gasteiger partial charge in [-0.15, -0.1) is 6.58 Å². The zero-order valence-corrected chi connectivity index (χ0v) is 17.0. The number of hydrogen-bond donors (Lipinski definition) is 3. The first kappa shape index (κ1) is 22.0. The quantitative estimate of drug-likeness (QED) is 0.541. The first-order valence-electron chi connectivity index (χ1n) is 8.81. The number of para-hydroxylation sites is 1. The third-order valence-corrected chi connectivity index (χ3v) is 5.25. The van der Waals surface area contributed by atoms with Crippen LogP contribution in [0.1, 0.15) is 27.6 Å². The molecule has 0 saturated carbocycles. The molecule has 2 aromatic rings. The van der Waals surface area contributed by atoms with Gasteiger partial charge in [-0.1, -0.05) is 18.2 Å². The van der Waals surface area contributed by atoms with E-state index in [1.54, 1.807) is 19.1 Å². The van der Waals surface area contributed by atoms with Gasteiger partial charge in [0, 0.05) is 13.1 Å². The van der Waals surface area contributed by atoms with E-state index in [1.807, 2.05) is 0 Å². The van der Waals surface area contributed by atoms with Crippen LogP contribution in [0.15, 0.2) is 60.0 Å². The monoisotopic (exact) mass is 417 g/mol. The molecule has 0 aliphatic rings. The van der Waals surface area contributed by atoms with Crippen molar-refractivity contribution >= 4 is 27.5 Å².